The minimum Gasteiger partial charge on any atom is -0.485 e. The van der Waals surface area contributed by atoms with Gasteiger partial charge in [-0.05, 0) is 19.1 Å². The molecule has 3 nitrogen and oxygen atoms in total. The van der Waals surface area contributed by atoms with Crippen LogP contribution in [-0.2, 0) is 4.79 Å². The van der Waals surface area contributed by atoms with Gasteiger partial charge in [0.15, 0.2) is 11.6 Å². The fourth-order valence-electron chi connectivity index (χ4n) is 1.47. The summed E-state index contributed by atoms with van der Waals surface area (Å²) in [5, 5.41) is 0. The van der Waals surface area contributed by atoms with Gasteiger partial charge in [-0.15, -0.1) is 0 Å². The third-order valence-electron chi connectivity index (χ3n) is 2.18. The number of benzene rings is 1. The number of ether oxygens (including phenoxy) is 1. The van der Waals surface area contributed by atoms with E-state index in [0.29, 0.717) is 11.3 Å². The van der Waals surface area contributed by atoms with Crippen molar-refractivity contribution >= 4 is 11.6 Å². The lowest BCUT2D eigenvalue weighted by molar-refractivity contribution is -0.119. The second-order valence-electron chi connectivity index (χ2n) is 3.43. The van der Waals surface area contributed by atoms with Crippen molar-refractivity contribution in [3.8, 4) is 5.75 Å². The molecule has 1 aromatic carbocycles. The van der Waals surface area contributed by atoms with Crippen LogP contribution in [0.15, 0.2) is 18.2 Å². The van der Waals surface area contributed by atoms with Crippen molar-refractivity contribution in [1.29, 1.82) is 0 Å². The van der Waals surface area contributed by atoms with Crippen LogP contribution in [0.1, 0.15) is 22.3 Å². The largest absolute Gasteiger partial charge is 0.485 e. The Balaban J connectivity index is 2.49. The Morgan fingerprint density at radius 2 is 2.07 bits per heavy atom. The molecule has 0 N–H and O–H groups in total. The van der Waals surface area contributed by atoms with Gasteiger partial charge in [0.25, 0.3) is 0 Å². The molecule has 0 unspecified atom stereocenters. The highest BCUT2D eigenvalue weighted by Gasteiger charge is 2.21. The van der Waals surface area contributed by atoms with Crippen molar-refractivity contribution in [2.45, 2.75) is 13.3 Å². The minimum atomic E-state index is -0.163. The van der Waals surface area contributed by atoms with Gasteiger partial charge in [-0.1, -0.05) is 11.6 Å². The Morgan fingerprint density at radius 1 is 1.29 bits per heavy atom. The lowest BCUT2D eigenvalue weighted by Gasteiger charge is -2.05. The molecular formula is C11H10O3. The van der Waals surface area contributed by atoms with Gasteiger partial charge in [-0.3, -0.25) is 9.59 Å². The molecule has 0 aliphatic carbocycles. The van der Waals surface area contributed by atoms with E-state index in [9.17, 15) is 9.59 Å². The average molecular weight is 190 g/mol. The first-order chi connectivity index (χ1) is 6.66. The van der Waals surface area contributed by atoms with Gasteiger partial charge in [0.1, 0.15) is 12.4 Å². The van der Waals surface area contributed by atoms with Crippen LogP contribution in [0.25, 0.3) is 0 Å². The molecule has 1 aliphatic heterocycles. The summed E-state index contributed by atoms with van der Waals surface area (Å²) in [6, 6.07) is 5.36. The lowest BCUT2D eigenvalue weighted by Crippen LogP contribution is -2.10. The topological polar surface area (TPSA) is 43.4 Å². The summed E-state index contributed by atoms with van der Waals surface area (Å²) in [6.07, 6.45) is -0.0452. The lowest BCUT2D eigenvalue weighted by atomic mass is 10.0. The minimum absolute atomic E-state index is 0.00179. The number of rotatable bonds is 0. The van der Waals surface area contributed by atoms with E-state index in [1.54, 1.807) is 12.1 Å². The van der Waals surface area contributed by atoms with E-state index in [4.69, 9.17) is 4.74 Å². The number of carbonyl (C=O) groups excluding carboxylic acids is 2. The molecule has 0 atom stereocenters. The van der Waals surface area contributed by atoms with Crippen LogP contribution < -0.4 is 4.74 Å². The van der Waals surface area contributed by atoms with Crippen molar-refractivity contribution in [3.63, 3.8) is 0 Å². The molecule has 0 spiro atoms. The zero-order chi connectivity index (χ0) is 10.1. The van der Waals surface area contributed by atoms with E-state index in [1.165, 1.54) is 0 Å². The highest BCUT2D eigenvalue weighted by molar-refractivity contribution is 6.10. The van der Waals surface area contributed by atoms with E-state index in [1.807, 2.05) is 13.0 Å². The summed E-state index contributed by atoms with van der Waals surface area (Å²) in [7, 11) is 0. The smallest absolute Gasteiger partial charge is 0.177 e. The first-order valence-electron chi connectivity index (χ1n) is 4.45. The van der Waals surface area contributed by atoms with Crippen LogP contribution in [0.5, 0.6) is 5.75 Å². The van der Waals surface area contributed by atoms with Gasteiger partial charge in [0, 0.05) is 0 Å². The van der Waals surface area contributed by atoms with Crippen LogP contribution in [0.4, 0.5) is 0 Å². The molecule has 0 saturated heterocycles. The first kappa shape index (κ1) is 8.94. The Bertz CT molecular complexity index is 407. The summed E-state index contributed by atoms with van der Waals surface area (Å²) >= 11 is 0. The van der Waals surface area contributed by atoms with Gasteiger partial charge < -0.3 is 4.74 Å². The standard InChI is InChI=1S/C11H10O3/c1-7-2-3-11-9(4-7)10(13)5-8(12)6-14-11/h2-4H,5-6H2,1H3. The third-order valence-corrected chi connectivity index (χ3v) is 2.18. The Hall–Kier alpha value is -1.64. The summed E-state index contributed by atoms with van der Waals surface area (Å²) < 4.78 is 5.22. The molecule has 0 fully saturated rings. The van der Waals surface area contributed by atoms with Gasteiger partial charge in [-0.25, -0.2) is 0 Å². The van der Waals surface area contributed by atoms with Crippen LogP contribution in [0.2, 0.25) is 0 Å². The number of fused-ring (bicyclic) bond motifs is 1. The molecule has 14 heavy (non-hydrogen) atoms. The van der Waals surface area contributed by atoms with E-state index in [-0.39, 0.29) is 24.6 Å². The van der Waals surface area contributed by atoms with Crippen LogP contribution in [0, 0.1) is 6.92 Å². The monoisotopic (exact) mass is 190 g/mol. The van der Waals surface area contributed by atoms with Gasteiger partial charge >= 0.3 is 0 Å². The molecule has 72 valence electrons. The van der Waals surface area contributed by atoms with Crippen LogP contribution in [-0.4, -0.2) is 18.2 Å². The van der Waals surface area contributed by atoms with Gasteiger partial charge in [0.05, 0.1) is 12.0 Å². The Labute approximate surface area is 81.7 Å². The zero-order valence-corrected chi connectivity index (χ0v) is 7.87. The maximum absolute atomic E-state index is 11.6. The second-order valence-corrected chi connectivity index (χ2v) is 3.43. The van der Waals surface area contributed by atoms with Crippen molar-refractivity contribution in [3.05, 3.63) is 29.3 Å². The number of hydrogen-bond acceptors (Lipinski definition) is 3. The van der Waals surface area contributed by atoms with Crippen molar-refractivity contribution in [2.75, 3.05) is 6.61 Å². The molecule has 1 heterocycles. The highest BCUT2D eigenvalue weighted by atomic mass is 16.5. The predicted molar refractivity (Wildman–Crippen MR) is 50.6 cm³/mol. The van der Waals surface area contributed by atoms with E-state index in [2.05, 4.69) is 0 Å². The zero-order valence-electron chi connectivity index (χ0n) is 7.87. The summed E-state index contributed by atoms with van der Waals surface area (Å²) in [5.41, 5.74) is 1.52. The SMILES string of the molecule is Cc1ccc2c(c1)C(=O)CC(=O)CO2. The highest BCUT2D eigenvalue weighted by Crippen LogP contribution is 2.23. The molecule has 0 radical (unpaired) electrons. The number of aryl methyl sites for hydroxylation is 1. The fraction of sp³-hybridized carbons (Fsp3) is 0.273. The number of ketones is 2. The number of Topliss-reactive ketones (excluding diaryl/α,β-unsaturated/α-hetero) is 2. The third kappa shape index (κ3) is 1.53. The summed E-state index contributed by atoms with van der Waals surface area (Å²) in [5.74, 6) is 0.210. The molecule has 0 aromatic heterocycles. The predicted octanol–water partition coefficient (Wildman–Crippen LogP) is 1.53. The summed E-state index contributed by atoms with van der Waals surface area (Å²) in [6.45, 7) is 1.90. The average Bonchev–Trinajstić information content (AvgIpc) is 2.27. The van der Waals surface area contributed by atoms with Crippen molar-refractivity contribution in [1.82, 2.24) is 0 Å². The molecule has 1 aliphatic rings. The molecule has 1 aromatic rings. The van der Waals surface area contributed by atoms with Crippen molar-refractivity contribution in [2.24, 2.45) is 0 Å². The van der Waals surface area contributed by atoms with E-state index < -0.39 is 0 Å². The fourth-order valence-corrected chi connectivity index (χ4v) is 1.47. The maximum atomic E-state index is 11.6. The summed E-state index contributed by atoms with van der Waals surface area (Å²) in [4.78, 5) is 22.7. The van der Waals surface area contributed by atoms with Crippen molar-refractivity contribution < 1.29 is 14.3 Å². The van der Waals surface area contributed by atoms with Gasteiger partial charge in [0.2, 0.25) is 0 Å². The molecule has 0 saturated carbocycles. The van der Waals surface area contributed by atoms with E-state index >= 15 is 0 Å². The maximum Gasteiger partial charge on any atom is 0.177 e. The normalized spacial score (nSPS) is 15.8. The van der Waals surface area contributed by atoms with Gasteiger partial charge in [-0.2, -0.15) is 0 Å². The second kappa shape index (κ2) is 3.25. The Kier molecular flexibility index (Phi) is 2.08. The van der Waals surface area contributed by atoms with E-state index in [0.717, 1.165) is 5.56 Å². The molecule has 2 rings (SSSR count). The van der Waals surface area contributed by atoms with Crippen LogP contribution in [0.3, 0.4) is 0 Å². The van der Waals surface area contributed by atoms with Crippen LogP contribution >= 0.6 is 0 Å². The quantitative estimate of drug-likeness (QED) is 0.583. The Morgan fingerprint density at radius 3 is 2.86 bits per heavy atom. The molecule has 3 heteroatoms. The number of carbonyl (C=O) groups is 2. The molecular weight excluding hydrogens is 180 g/mol. The molecule has 0 amide bonds. The number of hydrogen-bond donors (Lipinski definition) is 0. The first-order valence-corrected chi connectivity index (χ1v) is 4.45. The molecule has 0 bridgehead atoms.